The van der Waals surface area contributed by atoms with Crippen molar-refractivity contribution < 1.29 is 104 Å². The number of carbonyl (C=O) groups excluding carboxylic acids is 3. The van der Waals surface area contributed by atoms with Gasteiger partial charge in [0.1, 0.15) is 35.9 Å². The van der Waals surface area contributed by atoms with Gasteiger partial charge in [-0.3, -0.25) is 31.2 Å². The van der Waals surface area contributed by atoms with Gasteiger partial charge in [0.25, 0.3) is 0 Å². The third-order valence-corrected chi connectivity index (χ3v) is 8.93. The van der Waals surface area contributed by atoms with Crippen LogP contribution in [0, 0.1) is 71.7 Å². The summed E-state index contributed by atoms with van der Waals surface area (Å²) in [5.41, 5.74) is 12.2. The molecule has 2 aromatic carbocycles. The van der Waals surface area contributed by atoms with Crippen molar-refractivity contribution in [2.45, 2.75) is 6.92 Å². The van der Waals surface area contributed by atoms with Crippen LogP contribution in [0.5, 0.6) is 0 Å². The molecule has 0 aliphatic rings. The number of nitrogens with two attached hydrogens (primary N) is 3. The molecule has 0 bridgehead atoms. The van der Waals surface area contributed by atoms with Crippen LogP contribution >= 0.6 is 24.8 Å². The molecule has 0 fully saturated rings. The smallest absolute Gasteiger partial charge is 1.00 e. The Hall–Kier alpha value is -6.54. The summed E-state index contributed by atoms with van der Waals surface area (Å²) in [5, 5.41) is 46.9. The molecule has 25 heteroatoms. The van der Waals surface area contributed by atoms with Gasteiger partial charge in [0.15, 0.2) is 16.9 Å². The number of carbonyl (C=O) groups is 3. The van der Waals surface area contributed by atoms with Crippen LogP contribution in [-0.4, -0.2) is 64.6 Å². The molecule has 0 saturated carbocycles. The van der Waals surface area contributed by atoms with E-state index >= 15 is 0 Å². The SMILES string of the molecule is CCOC=C(C#N)C#N.N#Cc1cnn2c(-c3cccc(NC=O)c3)ccnc12.NN.O=CNc1cccc(-c2ccnc3c(C(=O)c4cccs4)cnn23)c1.S.[3HH].[C-]#[N+]c1cn[nH]c1N.[H-].[K+].[U]. The van der Waals surface area contributed by atoms with Crippen molar-refractivity contribution in [3.63, 3.8) is 0 Å². The summed E-state index contributed by atoms with van der Waals surface area (Å²) in [6.45, 7) is 8.75. The number of nitrogens with one attached hydrogen (secondary N) is 3. The monoisotopic (exact) mass is 1190 g/mol. The van der Waals surface area contributed by atoms with E-state index in [1.807, 2.05) is 53.9 Å². The van der Waals surface area contributed by atoms with E-state index in [-0.39, 0.29) is 110 Å². The number of nitrogen functional groups attached to an aromatic ring is 1. The maximum absolute atomic E-state index is 12.6. The molecule has 0 atom stereocenters. The first kappa shape index (κ1) is 58.5. The van der Waals surface area contributed by atoms with Crippen LogP contribution in [0.25, 0.3) is 38.7 Å². The minimum Gasteiger partial charge on any atom is -1.00 e. The molecule has 21 nitrogen and oxygen atoms in total. The number of hydrogen-bond donors (Lipinski definition) is 6. The van der Waals surface area contributed by atoms with E-state index in [0.29, 0.717) is 69.6 Å². The molecule has 6 aromatic heterocycles. The average Bonchev–Trinajstić information content (AvgIpc) is 4.19. The Kier molecular flexibility index (Phi) is 27.4. The summed E-state index contributed by atoms with van der Waals surface area (Å²) in [6.07, 6.45) is 10.1. The summed E-state index contributed by atoms with van der Waals surface area (Å²) in [4.78, 5) is 46.0. The standard InChI is InChI=1S/C18H12N4O2S.C14H9N5O.C6H6N2O.C4H4N4.K.H4N2.H2S.U.H2.H/c23-11-20-13-4-1-3-12(9-13)15-6-7-19-18-14(10-21-22(15)18)17(24)16-5-2-8-25-16;15-7-11-8-18-19-13(4-5-16-14(11)19)10-2-1-3-12(6-10)17-9-20;1-2-9-5-6(3-7)4-8;1-6-3-2-7-8-4(3)5;;1-2;;;;/h1-11H,(H,20,23);1-6,8-9H,(H,17,20);5H,2H2,1H3;2H,(H3,5,7,8);;1-2H2;1H2;;1H;/q;;;;+1;;;;;-1/i;;;;;;;;1+2;. The second-order valence-corrected chi connectivity index (χ2v) is 12.8. The van der Waals surface area contributed by atoms with Crippen LogP contribution in [0.3, 0.4) is 0 Å². The van der Waals surface area contributed by atoms with E-state index < -0.39 is 0 Å². The minimum absolute atomic E-state index is 0. The molecule has 0 aliphatic carbocycles. The summed E-state index contributed by atoms with van der Waals surface area (Å²) >= 11 is 1.39. The fraction of sp³-hybridized carbons (Fsp3) is 0.0476. The Balaban J connectivity index is 0. The number of ketones is 1. The van der Waals surface area contributed by atoms with Crippen molar-refractivity contribution in [2.75, 3.05) is 23.0 Å². The number of thiophene rings is 1. The topological polar surface area (TPSA) is 327 Å². The first-order valence-electron chi connectivity index (χ1n) is 18.2. The number of aromatic nitrogens is 8. The Morgan fingerprint density at radius 3 is 1.94 bits per heavy atom. The van der Waals surface area contributed by atoms with Crippen molar-refractivity contribution in [1.82, 2.24) is 39.4 Å². The van der Waals surface area contributed by atoms with Crippen LogP contribution in [0.1, 0.15) is 30.6 Å². The van der Waals surface area contributed by atoms with Crippen LogP contribution in [0.4, 0.5) is 22.9 Å². The molecule has 0 aliphatic heterocycles. The molecule has 334 valence electrons. The molecule has 2 amide bonds. The maximum atomic E-state index is 12.6. The number of H-pyrrole nitrogens is 1. The fourth-order valence-corrected chi connectivity index (χ4v) is 5.97. The fourth-order valence-electron chi connectivity index (χ4n) is 5.30. The van der Waals surface area contributed by atoms with Crippen LogP contribution in [0.15, 0.2) is 121 Å². The molecule has 0 spiro atoms. The molecule has 6 heterocycles. The third-order valence-electron chi connectivity index (χ3n) is 8.06. The number of ether oxygens (including phenoxy) is 1. The van der Waals surface area contributed by atoms with Gasteiger partial charge in [-0.1, -0.05) is 30.3 Å². The van der Waals surface area contributed by atoms with Crippen LogP contribution < -0.4 is 79.4 Å². The molecule has 8 rings (SSSR count). The summed E-state index contributed by atoms with van der Waals surface area (Å²) in [5.74, 6) is 8.24. The largest absolute Gasteiger partial charge is 1.00 e. The molecule has 67 heavy (non-hydrogen) atoms. The minimum atomic E-state index is -0.0916. The summed E-state index contributed by atoms with van der Waals surface area (Å²) in [7, 11) is 0. The molecule has 0 saturated heterocycles. The third kappa shape index (κ3) is 16.1. The number of allylic oxidation sites excluding steroid dienone is 1. The van der Waals surface area contributed by atoms with Crippen molar-refractivity contribution in [3.05, 3.63) is 148 Å². The molecule has 8 aromatic rings. The maximum Gasteiger partial charge on any atom is 1.00 e. The Bertz CT molecular complexity index is 3050. The number of nitrogens with zero attached hydrogens (tertiary/aromatic N) is 11. The average molecular weight is 1190 g/mol. The first-order chi connectivity index (χ1) is 31.3. The molecule has 0 radical (unpaired) electrons. The zero-order chi connectivity index (χ0) is 46.3. The van der Waals surface area contributed by atoms with Crippen LogP contribution in [-0.2, 0) is 14.3 Å². The predicted molar refractivity (Wildman–Crippen MR) is 251 cm³/mol. The normalized spacial score (nSPS) is 9.00. The van der Waals surface area contributed by atoms with E-state index in [9.17, 15) is 14.4 Å². The molecular formula is C42H40KN17O4S2U. The van der Waals surface area contributed by atoms with E-state index in [2.05, 4.69) is 68.3 Å². The quantitative estimate of drug-likeness (QED) is 0.0168. The number of hydrazine groups is 1. The number of anilines is 3. The van der Waals surface area contributed by atoms with E-state index in [0.717, 1.165) is 28.8 Å². The van der Waals surface area contributed by atoms with Gasteiger partial charge in [-0.15, -0.1) is 11.3 Å². The zero-order valence-corrected chi connectivity index (χ0v) is 44.6. The summed E-state index contributed by atoms with van der Waals surface area (Å²) in [6, 6.07) is 27.4. The van der Waals surface area contributed by atoms with Gasteiger partial charge < -0.3 is 22.5 Å². The van der Waals surface area contributed by atoms with E-state index in [4.69, 9.17) is 28.1 Å². The van der Waals surface area contributed by atoms with Gasteiger partial charge in [-0.25, -0.2) is 23.8 Å². The van der Waals surface area contributed by atoms with Gasteiger partial charge in [0.2, 0.25) is 24.3 Å². The Morgan fingerprint density at radius 1 is 0.910 bits per heavy atom. The number of hydrogen-bond acceptors (Lipinski definition) is 16. The number of nitriles is 3. The number of rotatable bonds is 10. The second kappa shape index (κ2) is 31.4. The molecular weight excluding hydrogens is 1150 g/mol. The number of amides is 2. The Morgan fingerprint density at radius 2 is 1.48 bits per heavy atom. The first-order valence-corrected chi connectivity index (χ1v) is 19.0. The van der Waals surface area contributed by atoms with Crippen molar-refractivity contribution in [3.8, 4) is 40.7 Å². The number of benzene rings is 2. The van der Waals surface area contributed by atoms with Gasteiger partial charge in [-0.05, 0) is 54.8 Å². The summed E-state index contributed by atoms with van der Waals surface area (Å²) < 4.78 is 7.92. The number of aromatic amines is 1. The molecule has 9 N–H and O–H groups in total. The van der Waals surface area contributed by atoms with Gasteiger partial charge in [-0.2, -0.15) is 44.6 Å². The van der Waals surface area contributed by atoms with Crippen molar-refractivity contribution >= 4 is 77.6 Å². The van der Waals surface area contributed by atoms with Gasteiger partial charge >= 0.3 is 51.4 Å². The van der Waals surface area contributed by atoms with E-state index in [1.54, 1.807) is 70.9 Å². The predicted octanol–water partition coefficient (Wildman–Crippen LogP) is 2.88. The Labute approximate surface area is 463 Å². The van der Waals surface area contributed by atoms with Crippen molar-refractivity contribution in [1.29, 1.82) is 15.8 Å². The van der Waals surface area contributed by atoms with Gasteiger partial charge in [0.05, 0.1) is 53.6 Å². The van der Waals surface area contributed by atoms with Crippen LogP contribution in [0.2, 0.25) is 0 Å². The van der Waals surface area contributed by atoms with Crippen molar-refractivity contribution in [2.24, 2.45) is 11.7 Å². The molecule has 0 unspecified atom stereocenters. The second-order valence-electron chi connectivity index (χ2n) is 11.8. The zero-order valence-electron chi connectivity index (χ0n) is 36.5. The number of fused-ring (bicyclic) bond motifs is 2. The van der Waals surface area contributed by atoms with E-state index in [1.165, 1.54) is 23.7 Å². The van der Waals surface area contributed by atoms with Gasteiger partial charge in [0, 0.05) is 67.4 Å².